The summed E-state index contributed by atoms with van der Waals surface area (Å²) in [6, 6.07) is 14.3. The molecule has 2 rings (SSSR count). The second-order valence-corrected chi connectivity index (χ2v) is 4.69. The molecule has 0 bridgehead atoms. The van der Waals surface area contributed by atoms with Gasteiger partial charge in [0.15, 0.2) is 6.10 Å². The van der Waals surface area contributed by atoms with Crippen LogP contribution in [0.4, 0.5) is 13.2 Å². The fraction of sp³-hybridized carbons (Fsp3) is 0.133. The molecular weight excluding hydrogens is 305 g/mol. The molecule has 110 valence electrons. The van der Waals surface area contributed by atoms with Gasteiger partial charge in [0.1, 0.15) is 0 Å². The Labute approximate surface area is 124 Å². The van der Waals surface area contributed by atoms with Gasteiger partial charge in [-0.25, -0.2) is 4.79 Å². The first-order valence-corrected chi connectivity index (χ1v) is 6.34. The highest BCUT2D eigenvalue weighted by Gasteiger charge is 2.42. The highest BCUT2D eigenvalue weighted by Crippen LogP contribution is 2.30. The molecule has 0 N–H and O–H groups in total. The van der Waals surface area contributed by atoms with E-state index >= 15 is 0 Å². The van der Waals surface area contributed by atoms with Crippen molar-refractivity contribution in [1.29, 1.82) is 0 Å². The van der Waals surface area contributed by atoms with Crippen LogP contribution >= 0.6 is 11.6 Å². The predicted molar refractivity (Wildman–Crippen MR) is 71.9 cm³/mol. The van der Waals surface area contributed by atoms with Gasteiger partial charge in [-0.1, -0.05) is 54.1 Å². The average molecular weight is 315 g/mol. The molecule has 0 fully saturated rings. The second-order valence-electron chi connectivity index (χ2n) is 4.25. The molecule has 6 heteroatoms. The highest BCUT2D eigenvalue weighted by atomic mass is 35.5. The zero-order valence-corrected chi connectivity index (χ0v) is 11.4. The van der Waals surface area contributed by atoms with Crippen LogP contribution < -0.4 is 0 Å². The minimum absolute atomic E-state index is 0.344. The lowest BCUT2D eigenvalue weighted by molar-refractivity contribution is -0.203. The van der Waals surface area contributed by atoms with E-state index in [9.17, 15) is 18.0 Å². The number of hydrogen-bond donors (Lipinski definition) is 0. The molecule has 0 amide bonds. The third-order valence-corrected chi connectivity index (χ3v) is 2.95. The van der Waals surface area contributed by atoms with Crippen molar-refractivity contribution in [2.75, 3.05) is 0 Å². The average Bonchev–Trinajstić information content (AvgIpc) is 2.44. The van der Waals surface area contributed by atoms with Gasteiger partial charge in [0, 0.05) is 5.02 Å². The lowest BCUT2D eigenvalue weighted by Crippen LogP contribution is -2.27. The lowest BCUT2D eigenvalue weighted by atomic mass is 10.0. The summed E-state index contributed by atoms with van der Waals surface area (Å²) in [4.78, 5) is 11.1. The molecule has 2 aromatic rings. The fourth-order valence-corrected chi connectivity index (χ4v) is 2.00. The molecule has 0 heterocycles. The first-order valence-electron chi connectivity index (χ1n) is 5.96. The minimum Gasteiger partial charge on any atom is -0.446 e. The number of rotatable bonds is 3. The van der Waals surface area contributed by atoms with Crippen molar-refractivity contribution in [1.82, 2.24) is 0 Å². The molecule has 1 atom stereocenters. The Kier molecular flexibility index (Phi) is 4.53. The molecule has 0 spiro atoms. The number of esters is 1. The highest BCUT2D eigenvalue weighted by molar-refractivity contribution is 6.30. The van der Waals surface area contributed by atoms with Crippen molar-refractivity contribution in [2.24, 2.45) is 0 Å². The fourth-order valence-electron chi connectivity index (χ4n) is 1.80. The summed E-state index contributed by atoms with van der Waals surface area (Å²) in [6.07, 6.45) is -6.22. The second kappa shape index (κ2) is 6.18. The van der Waals surface area contributed by atoms with Crippen molar-refractivity contribution >= 4 is 17.6 Å². The molecule has 2 nitrogen and oxygen atoms in total. The normalized spacial score (nSPS) is 12.8. The van der Waals surface area contributed by atoms with Crippen LogP contribution in [0.15, 0.2) is 54.6 Å². The van der Waals surface area contributed by atoms with Gasteiger partial charge < -0.3 is 4.74 Å². The summed E-state index contributed by atoms with van der Waals surface area (Å²) >= 11 is 5.84. The first-order chi connectivity index (χ1) is 9.88. The molecule has 0 saturated carbocycles. The van der Waals surface area contributed by atoms with Crippen LogP contribution in [0.3, 0.4) is 0 Å². The van der Waals surface area contributed by atoms with Crippen LogP contribution in [0, 0.1) is 0 Å². The Hall–Kier alpha value is -2.01. The van der Waals surface area contributed by atoms with Crippen molar-refractivity contribution in [3.05, 3.63) is 70.7 Å². The molecule has 21 heavy (non-hydrogen) atoms. The van der Waals surface area contributed by atoms with Crippen LogP contribution in [-0.2, 0) is 9.53 Å². The van der Waals surface area contributed by atoms with Crippen molar-refractivity contribution < 1.29 is 22.7 Å². The molecule has 0 aliphatic heterocycles. The van der Waals surface area contributed by atoms with Gasteiger partial charge in [0.25, 0.3) is 0 Å². The molecule has 0 aliphatic rings. The largest absolute Gasteiger partial charge is 0.490 e. The summed E-state index contributed by atoms with van der Waals surface area (Å²) < 4.78 is 41.9. The molecule has 0 aliphatic carbocycles. The van der Waals surface area contributed by atoms with Gasteiger partial charge in [-0.3, -0.25) is 0 Å². The molecule has 2 aromatic carbocycles. The zero-order chi connectivity index (χ0) is 15.5. The van der Waals surface area contributed by atoms with Gasteiger partial charge in [-0.2, -0.15) is 13.2 Å². The van der Waals surface area contributed by atoms with Crippen LogP contribution in [0.5, 0.6) is 0 Å². The third-order valence-electron chi connectivity index (χ3n) is 2.71. The quantitative estimate of drug-likeness (QED) is 0.778. The van der Waals surface area contributed by atoms with Crippen molar-refractivity contribution in [2.45, 2.75) is 12.3 Å². The SMILES string of the molecule is O=C(OC(c1ccccc1)c1cccc(Cl)c1)C(F)(F)F. The summed E-state index contributed by atoms with van der Waals surface area (Å²) in [5.74, 6) is -2.24. The number of hydrogen-bond acceptors (Lipinski definition) is 2. The first kappa shape index (κ1) is 15.4. The van der Waals surface area contributed by atoms with Gasteiger partial charge in [-0.05, 0) is 23.3 Å². The van der Waals surface area contributed by atoms with Crippen LogP contribution in [-0.4, -0.2) is 12.1 Å². The maximum absolute atomic E-state index is 12.4. The Bertz CT molecular complexity index is 626. The van der Waals surface area contributed by atoms with E-state index in [1.807, 2.05) is 0 Å². The monoisotopic (exact) mass is 314 g/mol. The summed E-state index contributed by atoms with van der Waals surface area (Å²) in [5.41, 5.74) is 0.795. The van der Waals surface area contributed by atoms with E-state index in [2.05, 4.69) is 4.74 Å². The summed E-state index contributed by atoms with van der Waals surface area (Å²) in [7, 11) is 0. The van der Waals surface area contributed by atoms with Gasteiger partial charge in [0.2, 0.25) is 0 Å². The Morgan fingerprint density at radius 2 is 1.62 bits per heavy atom. The third kappa shape index (κ3) is 3.98. The number of halogens is 4. The zero-order valence-electron chi connectivity index (χ0n) is 10.6. The van der Waals surface area contributed by atoms with E-state index in [1.54, 1.807) is 48.5 Å². The van der Waals surface area contributed by atoms with Gasteiger partial charge in [-0.15, -0.1) is 0 Å². The number of alkyl halides is 3. The molecular formula is C15H10ClF3O2. The molecule has 0 aromatic heterocycles. The minimum atomic E-state index is -5.05. The molecule has 0 radical (unpaired) electrons. The molecule has 0 saturated heterocycles. The lowest BCUT2D eigenvalue weighted by Gasteiger charge is -2.19. The summed E-state index contributed by atoms with van der Waals surface area (Å²) in [5, 5.41) is 0.344. The van der Waals surface area contributed by atoms with Crippen LogP contribution in [0.25, 0.3) is 0 Å². The molecule has 1 unspecified atom stereocenters. The van der Waals surface area contributed by atoms with E-state index < -0.39 is 18.2 Å². The van der Waals surface area contributed by atoms with E-state index in [1.165, 1.54) is 6.07 Å². The Morgan fingerprint density at radius 3 is 2.19 bits per heavy atom. The van der Waals surface area contributed by atoms with Crippen molar-refractivity contribution in [3.63, 3.8) is 0 Å². The number of benzene rings is 2. The van der Waals surface area contributed by atoms with E-state index in [0.717, 1.165) is 0 Å². The predicted octanol–water partition coefficient (Wildman–Crippen LogP) is 4.53. The smallest absolute Gasteiger partial charge is 0.446 e. The van der Waals surface area contributed by atoms with E-state index in [-0.39, 0.29) is 0 Å². The Morgan fingerprint density at radius 1 is 1.00 bits per heavy atom. The number of carbonyl (C=O) groups is 1. The maximum atomic E-state index is 12.4. The number of ether oxygens (including phenoxy) is 1. The van der Waals surface area contributed by atoms with Gasteiger partial charge >= 0.3 is 12.1 Å². The van der Waals surface area contributed by atoms with Crippen LogP contribution in [0.2, 0.25) is 5.02 Å². The van der Waals surface area contributed by atoms with Gasteiger partial charge in [0.05, 0.1) is 0 Å². The van der Waals surface area contributed by atoms with Crippen LogP contribution in [0.1, 0.15) is 17.2 Å². The Balaban J connectivity index is 2.38. The standard InChI is InChI=1S/C15H10ClF3O2/c16-12-8-4-7-11(9-12)13(10-5-2-1-3-6-10)21-14(20)15(17,18)19/h1-9,13H. The summed E-state index contributed by atoms with van der Waals surface area (Å²) in [6.45, 7) is 0. The van der Waals surface area contributed by atoms with Crippen molar-refractivity contribution in [3.8, 4) is 0 Å². The number of carbonyl (C=O) groups excluding carboxylic acids is 1. The van der Waals surface area contributed by atoms with E-state index in [4.69, 9.17) is 11.6 Å². The maximum Gasteiger partial charge on any atom is 0.490 e. The van der Waals surface area contributed by atoms with E-state index in [0.29, 0.717) is 16.1 Å². The topological polar surface area (TPSA) is 26.3 Å².